The number of benzene rings is 1. The summed E-state index contributed by atoms with van der Waals surface area (Å²) in [5.74, 6) is 0. The third kappa shape index (κ3) is 2.38. The molecule has 106 valence electrons. The molecule has 0 aliphatic heterocycles. The standard InChI is InChI=1S/C14H14N6S/c15-8-9-7-13(16-12-4-2-1-3-11(9)12)21-14-17-18-19-20(14)10-5-6-10/h1-4,7,10H,5-6,8,15H2. The van der Waals surface area contributed by atoms with Gasteiger partial charge in [-0.3, -0.25) is 0 Å². The molecule has 0 unspecified atom stereocenters. The molecule has 2 aromatic heterocycles. The molecule has 0 amide bonds. The van der Waals surface area contributed by atoms with Crippen LogP contribution in [-0.4, -0.2) is 25.2 Å². The molecule has 1 aromatic carbocycles. The number of fused-ring (bicyclic) bond motifs is 1. The monoisotopic (exact) mass is 298 g/mol. The predicted molar refractivity (Wildman–Crippen MR) is 79.8 cm³/mol. The minimum Gasteiger partial charge on any atom is -0.326 e. The normalized spacial score (nSPS) is 14.7. The van der Waals surface area contributed by atoms with E-state index in [1.807, 2.05) is 35.0 Å². The quantitative estimate of drug-likeness (QED) is 0.795. The van der Waals surface area contributed by atoms with Crippen LogP contribution in [0.25, 0.3) is 10.9 Å². The van der Waals surface area contributed by atoms with E-state index in [0.29, 0.717) is 12.6 Å². The fourth-order valence-corrected chi connectivity index (χ4v) is 3.22. The summed E-state index contributed by atoms with van der Waals surface area (Å²) in [6.07, 6.45) is 2.30. The highest BCUT2D eigenvalue weighted by Crippen LogP contribution is 2.38. The van der Waals surface area contributed by atoms with Crippen molar-refractivity contribution >= 4 is 22.7 Å². The van der Waals surface area contributed by atoms with Gasteiger partial charge in [0.1, 0.15) is 5.03 Å². The molecule has 21 heavy (non-hydrogen) atoms. The van der Waals surface area contributed by atoms with Gasteiger partial charge in [0.25, 0.3) is 0 Å². The van der Waals surface area contributed by atoms with Crippen LogP contribution in [0.2, 0.25) is 0 Å². The van der Waals surface area contributed by atoms with E-state index in [9.17, 15) is 0 Å². The fourth-order valence-electron chi connectivity index (χ4n) is 2.34. The van der Waals surface area contributed by atoms with Crippen molar-refractivity contribution < 1.29 is 0 Å². The summed E-state index contributed by atoms with van der Waals surface area (Å²) in [5, 5.41) is 14.7. The van der Waals surface area contributed by atoms with Crippen molar-refractivity contribution in [3.8, 4) is 0 Å². The molecule has 7 heteroatoms. The third-order valence-electron chi connectivity index (χ3n) is 3.55. The van der Waals surface area contributed by atoms with Crippen LogP contribution in [-0.2, 0) is 6.54 Å². The number of tetrazole rings is 1. The van der Waals surface area contributed by atoms with E-state index >= 15 is 0 Å². The molecule has 1 saturated carbocycles. The van der Waals surface area contributed by atoms with Gasteiger partial charge in [0.05, 0.1) is 11.6 Å². The molecule has 0 spiro atoms. The topological polar surface area (TPSA) is 82.5 Å². The molecule has 1 aliphatic rings. The van der Waals surface area contributed by atoms with Crippen molar-refractivity contribution in [1.82, 2.24) is 25.2 Å². The van der Waals surface area contributed by atoms with E-state index in [0.717, 1.165) is 39.5 Å². The second-order valence-electron chi connectivity index (χ2n) is 5.08. The maximum Gasteiger partial charge on any atom is 0.215 e. The van der Waals surface area contributed by atoms with Crippen LogP contribution in [0, 0.1) is 0 Å². The average Bonchev–Trinajstić information content (AvgIpc) is 3.26. The Hall–Kier alpha value is -1.99. The Kier molecular flexibility index (Phi) is 3.08. The summed E-state index contributed by atoms with van der Waals surface area (Å²) in [6.45, 7) is 0.490. The lowest BCUT2D eigenvalue weighted by Gasteiger charge is -2.07. The lowest BCUT2D eigenvalue weighted by atomic mass is 10.1. The van der Waals surface area contributed by atoms with E-state index in [-0.39, 0.29) is 0 Å². The molecule has 0 saturated heterocycles. The second-order valence-corrected chi connectivity index (χ2v) is 6.07. The van der Waals surface area contributed by atoms with Crippen LogP contribution in [0.5, 0.6) is 0 Å². The zero-order chi connectivity index (χ0) is 14.2. The first kappa shape index (κ1) is 12.7. The smallest absolute Gasteiger partial charge is 0.215 e. The highest BCUT2D eigenvalue weighted by Gasteiger charge is 2.28. The van der Waals surface area contributed by atoms with Gasteiger partial charge in [0.15, 0.2) is 0 Å². The Morgan fingerprint density at radius 2 is 2.14 bits per heavy atom. The number of para-hydroxylation sites is 1. The predicted octanol–water partition coefficient (Wildman–Crippen LogP) is 2.17. The van der Waals surface area contributed by atoms with Gasteiger partial charge in [-0.05, 0) is 52.7 Å². The molecular formula is C14H14N6S. The summed E-state index contributed by atoms with van der Waals surface area (Å²) < 4.78 is 1.89. The van der Waals surface area contributed by atoms with E-state index in [2.05, 4.69) is 20.5 Å². The molecule has 0 atom stereocenters. The summed E-state index contributed by atoms with van der Waals surface area (Å²) in [4.78, 5) is 4.68. The van der Waals surface area contributed by atoms with Gasteiger partial charge >= 0.3 is 0 Å². The number of hydrogen-bond acceptors (Lipinski definition) is 6. The average molecular weight is 298 g/mol. The van der Waals surface area contributed by atoms with Crippen molar-refractivity contribution in [3.05, 3.63) is 35.9 Å². The summed E-state index contributed by atoms with van der Waals surface area (Å²) in [5.41, 5.74) is 7.91. The number of nitrogens with two attached hydrogens (primary N) is 1. The van der Waals surface area contributed by atoms with E-state index in [4.69, 9.17) is 5.73 Å². The van der Waals surface area contributed by atoms with Gasteiger partial charge in [-0.1, -0.05) is 18.2 Å². The molecule has 0 bridgehead atoms. The first-order valence-electron chi connectivity index (χ1n) is 6.89. The molecule has 1 fully saturated rings. The SMILES string of the molecule is NCc1cc(Sc2nnnn2C2CC2)nc2ccccc12. The van der Waals surface area contributed by atoms with Gasteiger partial charge in [0.2, 0.25) is 5.16 Å². The minimum atomic E-state index is 0.455. The number of rotatable bonds is 4. The Morgan fingerprint density at radius 1 is 1.29 bits per heavy atom. The maximum atomic E-state index is 5.86. The number of pyridine rings is 1. The van der Waals surface area contributed by atoms with Crippen molar-refractivity contribution in [2.24, 2.45) is 5.73 Å². The van der Waals surface area contributed by atoms with Gasteiger partial charge < -0.3 is 5.73 Å². The first-order valence-corrected chi connectivity index (χ1v) is 7.71. The lowest BCUT2D eigenvalue weighted by Crippen LogP contribution is -2.01. The zero-order valence-corrected chi connectivity index (χ0v) is 12.1. The molecule has 3 aromatic rings. The Balaban J connectivity index is 1.74. The van der Waals surface area contributed by atoms with Crippen LogP contribution in [0.1, 0.15) is 24.4 Å². The van der Waals surface area contributed by atoms with Crippen molar-refractivity contribution in [2.75, 3.05) is 0 Å². The molecule has 1 aliphatic carbocycles. The highest BCUT2D eigenvalue weighted by atomic mass is 32.2. The van der Waals surface area contributed by atoms with Gasteiger partial charge in [-0.25, -0.2) is 9.67 Å². The van der Waals surface area contributed by atoms with E-state index in [1.54, 1.807) is 0 Å². The third-order valence-corrected chi connectivity index (χ3v) is 4.42. The molecule has 2 N–H and O–H groups in total. The zero-order valence-electron chi connectivity index (χ0n) is 11.3. The van der Waals surface area contributed by atoms with Crippen LogP contribution in [0.4, 0.5) is 0 Å². The van der Waals surface area contributed by atoms with Crippen LogP contribution >= 0.6 is 11.8 Å². The lowest BCUT2D eigenvalue weighted by molar-refractivity contribution is 0.565. The second kappa shape index (κ2) is 5.09. The highest BCUT2D eigenvalue weighted by molar-refractivity contribution is 7.99. The van der Waals surface area contributed by atoms with Gasteiger partial charge in [0, 0.05) is 11.9 Å². The maximum absolute atomic E-state index is 5.86. The largest absolute Gasteiger partial charge is 0.326 e. The molecule has 2 heterocycles. The van der Waals surface area contributed by atoms with Crippen LogP contribution in [0.3, 0.4) is 0 Å². The first-order chi connectivity index (χ1) is 10.3. The number of hydrogen-bond donors (Lipinski definition) is 1. The molecular weight excluding hydrogens is 284 g/mol. The molecule has 4 rings (SSSR count). The van der Waals surface area contributed by atoms with Crippen molar-refractivity contribution in [2.45, 2.75) is 35.6 Å². The van der Waals surface area contributed by atoms with E-state index < -0.39 is 0 Å². The Labute approximate surface area is 125 Å². The number of nitrogens with zero attached hydrogens (tertiary/aromatic N) is 5. The molecule has 0 radical (unpaired) electrons. The summed E-state index contributed by atoms with van der Waals surface area (Å²) in [6, 6.07) is 10.5. The van der Waals surface area contributed by atoms with Crippen LogP contribution < -0.4 is 5.73 Å². The van der Waals surface area contributed by atoms with Gasteiger partial charge in [-0.15, -0.1) is 5.10 Å². The summed E-state index contributed by atoms with van der Waals surface area (Å²) in [7, 11) is 0. The van der Waals surface area contributed by atoms with Crippen LogP contribution in [0.15, 0.2) is 40.5 Å². The Morgan fingerprint density at radius 3 is 2.95 bits per heavy atom. The fraction of sp³-hybridized carbons (Fsp3) is 0.286. The minimum absolute atomic E-state index is 0.455. The van der Waals surface area contributed by atoms with Crippen molar-refractivity contribution in [3.63, 3.8) is 0 Å². The number of aromatic nitrogens is 5. The summed E-state index contributed by atoms with van der Waals surface area (Å²) >= 11 is 1.49. The van der Waals surface area contributed by atoms with Crippen molar-refractivity contribution in [1.29, 1.82) is 0 Å². The molecule has 6 nitrogen and oxygen atoms in total. The Bertz CT molecular complexity index is 795. The van der Waals surface area contributed by atoms with Gasteiger partial charge in [-0.2, -0.15) is 0 Å². The van der Waals surface area contributed by atoms with E-state index in [1.165, 1.54) is 11.8 Å².